The summed E-state index contributed by atoms with van der Waals surface area (Å²) >= 11 is 1.82. The minimum atomic E-state index is 1.13. The average molecular weight is 208 g/mol. The molecule has 0 nitrogen and oxygen atoms in total. The van der Waals surface area contributed by atoms with E-state index in [0.717, 1.165) is 6.42 Å². The molecule has 0 aromatic heterocycles. The van der Waals surface area contributed by atoms with Gasteiger partial charge in [0.05, 0.1) is 0 Å². The quantitative estimate of drug-likeness (QED) is 0.648. The third-order valence-corrected chi connectivity index (χ3v) is 3.00. The van der Waals surface area contributed by atoms with Crippen LogP contribution in [-0.2, 0) is 0 Å². The van der Waals surface area contributed by atoms with Gasteiger partial charge in [-0.25, -0.2) is 0 Å². The van der Waals surface area contributed by atoms with Crippen LogP contribution in [0.5, 0.6) is 0 Å². The van der Waals surface area contributed by atoms with Gasteiger partial charge in [0.15, 0.2) is 0 Å². The van der Waals surface area contributed by atoms with Crippen molar-refractivity contribution in [2.75, 3.05) is 6.26 Å². The Bertz CT molecular complexity index is 246. The third-order valence-electron chi connectivity index (χ3n) is 2.48. The molecule has 14 heavy (non-hydrogen) atoms. The molecule has 1 aliphatic carbocycles. The van der Waals surface area contributed by atoms with Crippen LogP contribution in [-0.4, -0.2) is 6.26 Å². The van der Waals surface area contributed by atoms with Crippen molar-refractivity contribution >= 4 is 11.8 Å². The molecule has 0 radical (unpaired) electrons. The first kappa shape index (κ1) is 11.6. The van der Waals surface area contributed by atoms with E-state index in [2.05, 4.69) is 36.8 Å². The maximum absolute atomic E-state index is 2.31. The fourth-order valence-electron chi connectivity index (χ4n) is 1.74. The van der Waals surface area contributed by atoms with Gasteiger partial charge >= 0.3 is 0 Å². The van der Waals surface area contributed by atoms with Gasteiger partial charge in [-0.05, 0) is 54.9 Å². The van der Waals surface area contributed by atoms with Crippen molar-refractivity contribution in [3.8, 4) is 0 Å². The molecule has 0 aromatic carbocycles. The zero-order valence-corrected chi connectivity index (χ0v) is 10.1. The summed E-state index contributed by atoms with van der Waals surface area (Å²) in [7, 11) is 0. The van der Waals surface area contributed by atoms with Crippen LogP contribution in [0.3, 0.4) is 0 Å². The Labute approximate surface area is 92.2 Å². The molecule has 1 saturated carbocycles. The molecule has 1 aliphatic rings. The molecular formula is C13H20S. The molecule has 0 atom stereocenters. The highest BCUT2D eigenvalue weighted by atomic mass is 32.2. The molecule has 1 heteroatoms. The molecule has 78 valence electrons. The predicted molar refractivity (Wildman–Crippen MR) is 67.6 cm³/mol. The standard InChI is InChI=1S/C13H20S/c1-3-4-5-8-12-9-6-7-10-13(12)11-14-2/h4-5,8,11H,3,6-7,9-10H2,1-2H3/b5-4-,12-8-,13-11-. The van der Waals surface area contributed by atoms with Crippen molar-refractivity contribution in [2.24, 2.45) is 0 Å². The van der Waals surface area contributed by atoms with Crippen LogP contribution in [0.25, 0.3) is 0 Å². The molecule has 0 bridgehead atoms. The Morgan fingerprint density at radius 1 is 1.21 bits per heavy atom. The van der Waals surface area contributed by atoms with Crippen molar-refractivity contribution < 1.29 is 0 Å². The molecule has 1 fully saturated rings. The Morgan fingerprint density at radius 2 is 1.93 bits per heavy atom. The van der Waals surface area contributed by atoms with E-state index in [4.69, 9.17) is 0 Å². The van der Waals surface area contributed by atoms with Crippen molar-refractivity contribution in [3.05, 3.63) is 34.8 Å². The summed E-state index contributed by atoms with van der Waals surface area (Å²) in [6.07, 6.45) is 15.2. The first-order valence-electron chi connectivity index (χ1n) is 5.46. The highest BCUT2D eigenvalue weighted by Gasteiger charge is 2.09. The van der Waals surface area contributed by atoms with Gasteiger partial charge in [0.1, 0.15) is 0 Å². The molecule has 0 amide bonds. The van der Waals surface area contributed by atoms with Gasteiger partial charge in [0.2, 0.25) is 0 Å². The number of allylic oxidation sites excluding steroid dienone is 5. The number of hydrogen-bond donors (Lipinski definition) is 0. The van der Waals surface area contributed by atoms with E-state index in [1.54, 1.807) is 11.1 Å². The van der Waals surface area contributed by atoms with E-state index < -0.39 is 0 Å². The average Bonchev–Trinajstić information content (AvgIpc) is 2.21. The van der Waals surface area contributed by atoms with Gasteiger partial charge in [-0.1, -0.05) is 25.2 Å². The molecular weight excluding hydrogens is 188 g/mol. The highest BCUT2D eigenvalue weighted by molar-refractivity contribution is 8.01. The molecule has 1 rings (SSSR count). The first-order chi connectivity index (χ1) is 6.88. The van der Waals surface area contributed by atoms with Gasteiger partial charge in [-0.3, -0.25) is 0 Å². The van der Waals surface area contributed by atoms with Crippen LogP contribution in [0.15, 0.2) is 34.8 Å². The summed E-state index contributed by atoms with van der Waals surface area (Å²) < 4.78 is 0. The van der Waals surface area contributed by atoms with E-state index in [1.807, 2.05) is 11.8 Å². The molecule has 0 spiro atoms. The Balaban J connectivity index is 2.67. The molecule has 0 aliphatic heterocycles. The first-order valence-corrected chi connectivity index (χ1v) is 6.75. The van der Waals surface area contributed by atoms with Crippen LogP contribution in [0.4, 0.5) is 0 Å². The lowest BCUT2D eigenvalue weighted by molar-refractivity contribution is 0.680. The van der Waals surface area contributed by atoms with Crippen LogP contribution >= 0.6 is 11.8 Å². The minimum Gasteiger partial charge on any atom is -0.137 e. The Morgan fingerprint density at radius 3 is 2.57 bits per heavy atom. The lowest BCUT2D eigenvalue weighted by atomic mass is 9.90. The predicted octanol–water partition coefficient (Wildman–Crippen LogP) is 4.70. The zero-order valence-electron chi connectivity index (χ0n) is 9.25. The Hall–Kier alpha value is -0.430. The third kappa shape index (κ3) is 3.75. The molecule has 0 N–H and O–H groups in total. The van der Waals surface area contributed by atoms with Crippen LogP contribution in [0, 0.1) is 0 Å². The summed E-state index contributed by atoms with van der Waals surface area (Å²) in [5.41, 5.74) is 3.11. The van der Waals surface area contributed by atoms with E-state index in [0.29, 0.717) is 0 Å². The lowest BCUT2D eigenvalue weighted by Crippen LogP contribution is -1.97. The summed E-state index contributed by atoms with van der Waals surface area (Å²) in [6.45, 7) is 2.18. The normalized spacial score (nSPS) is 23.9. The molecule has 0 heterocycles. The van der Waals surface area contributed by atoms with Crippen molar-refractivity contribution in [3.63, 3.8) is 0 Å². The summed E-state index contributed by atoms with van der Waals surface area (Å²) in [5, 5.41) is 2.31. The van der Waals surface area contributed by atoms with Gasteiger partial charge in [-0.15, -0.1) is 11.8 Å². The maximum Gasteiger partial charge on any atom is -0.0142 e. The summed E-state index contributed by atoms with van der Waals surface area (Å²) in [5.74, 6) is 0. The zero-order chi connectivity index (χ0) is 10.2. The topological polar surface area (TPSA) is 0 Å². The van der Waals surface area contributed by atoms with Crippen LogP contribution in [0.2, 0.25) is 0 Å². The highest BCUT2D eigenvalue weighted by Crippen LogP contribution is 2.30. The van der Waals surface area contributed by atoms with Crippen molar-refractivity contribution in [1.82, 2.24) is 0 Å². The van der Waals surface area contributed by atoms with Crippen LogP contribution < -0.4 is 0 Å². The van der Waals surface area contributed by atoms with Crippen LogP contribution in [0.1, 0.15) is 39.0 Å². The second-order valence-electron chi connectivity index (χ2n) is 3.61. The Kier molecular flexibility index (Phi) is 5.77. The summed E-state index contributed by atoms with van der Waals surface area (Å²) in [4.78, 5) is 0. The smallest absolute Gasteiger partial charge is 0.0142 e. The van der Waals surface area contributed by atoms with Crippen molar-refractivity contribution in [1.29, 1.82) is 0 Å². The minimum absolute atomic E-state index is 1.13. The lowest BCUT2D eigenvalue weighted by Gasteiger charge is -2.17. The largest absolute Gasteiger partial charge is 0.137 e. The SMILES string of the molecule is CC\C=C/C=C1/CCCC/C1=C/SC. The molecule has 0 saturated heterocycles. The fourth-order valence-corrected chi connectivity index (χ4v) is 2.29. The van der Waals surface area contributed by atoms with Gasteiger partial charge < -0.3 is 0 Å². The van der Waals surface area contributed by atoms with Gasteiger partial charge in [0, 0.05) is 0 Å². The maximum atomic E-state index is 2.31. The number of hydrogen-bond acceptors (Lipinski definition) is 1. The number of rotatable bonds is 3. The molecule has 0 aromatic rings. The molecule has 0 unspecified atom stereocenters. The van der Waals surface area contributed by atoms with E-state index in [-0.39, 0.29) is 0 Å². The fraction of sp³-hybridized carbons (Fsp3) is 0.538. The van der Waals surface area contributed by atoms with E-state index in [1.165, 1.54) is 25.7 Å². The van der Waals surface area contributed by atoms with E-state index in [9.17, 15) is 0 Å². The van der Waals surface area contributed by atoms with E-state index >= 15 is 0 Å². The van der Waals surface area contributed by atoms with Gasteiger partial charge in [0.25, 0.3) is 0 Å². The van der Waals surface area contributed by atoms with Gasteiger partial charge in [-0.2, -0.15) is 0 Å². The monoisotopic (exact) mass is 208 g/mol. The van der Waals surface area contributed by atoms with Crippen molar-refractivity contribution in [2.45, 2.75) is 39.0 Å². The summed E-state index contributed by atoms with van der Waals surface area (Å²) in [6, 6.07) is 0. The number of thioether (sulfide) groups is 1. The second kappa shape index (κ2) is 6.94. The second-order valence-corrected chi connectivity index (χ2v) is 4.32.